The molecule has 4 N–H and O–H groups in total. The molecule has 84 valence electrons. The molecule has 4 heteroatoms. The number of methoxy groups -OCH3 is 1. The van der Waals surface area contributed by atoms with Crippen molar-refractivity contribution >= 4 is 0 Å². The van der Waals surface area contributed by atoms with E-state index in [2.05, 4.69) is 0 Å². The van der Waals surface area contributed by atoms with E-state index < -0.39 is 12.1 Å². The molecule has 0 amide bonds. The molecule has 0 bridgehead atoms. The van der Waals surface area contributed by atoms with Crippen LogP contribution >= 0.6 is 0 Å². The standard InChI is InChI=1S/C11H17NO3/c1-6-4-5-8(15-3)11(14)9(6)10(13)7(2)12/h4-5,7,10,13-14H,12H2,1-3H3. The number of aliphatic hydroxyl groups is 1. The zero-order chi connectivity index (χ0) is 11.6. The third-order valence-corrected chi connectivity index (χ3v) is 2.41. The van der Waals surface area contributed by atoms with Gasteiger partial charge in [0.25, 0.3) is 0 Å². The Morgan fingerprint density at radius 3 is 2.47 bits per heavy atom. The SMILES string of the molecule is COc1ccc(C)c(C(O)C(C)N)c1O. The molecule has 1 aromatic rings. The first kappa shape index (κ1) is 11.8. The van der Waals surface area contributed by atoms with Crippen molar-refractivity contribution in [2.45, 2.75) is 26.0 Å². The summed E-state index contributed by atoms with van der Waals surface area (Å²) in [4.78, 5) is 0. The second-order valence-electron chi connectivity index (χ2n) is 3.65. The molecule has 2 unspecified atom stereocenters. The maximum absolute atomic E-state index is 9.85. The van der Waals surface area contributed by atoms with E-state index in [-0.39, 0.29) is 5.75 Å². The van der Waals surface area contributed by atoms with Crippen LogP contribution in [0.4, 0.5) is 0 Å². The average Bonchev–Trinajstić information content (AvgIpc) is 2.17. The van der Waals surface area contributed by atoms with Crippen molar-refractivity contribution in [3.05, 3.63) is 23.3 Å². The highest BCUT2D eigenvalue weighted by Crippen LogP contribution is 2.36. The summed E-state index contributed by atoms with van der Waals surface area (Å²) < 4.78 is 4.97. The minimum atomic E-state index is -0.889. The maximum Gasteiger partial charge on any atom is 0.163 e. The number of phenols is 1. The van der Waals surface area contributed by atoms with E-state index in [1.165, 1.54) is 7.11 Å². The van der Waals surface area contributed by atoms with E-state index in [1.54, 1.807) is 26.0 Å². The molecular weight excluding hydrogens is 194 g/mol. The Kier molecular flexibility index (Phi) is 3.55. The van der Waals surface area contributed by atoms with Gasteiger partial charge in [-0.1, -0.05) is 6.07 Å². The van der Waals surface area contributed by atoms with Crippen LogP contribution in [-0.2, 0) is 0 Å². The summed E-state index contributed by atoms with van der Waals surface area (Å²) in [6.07, 6.45) is -0.889. The summed E-state index contributed by atoms with van der Waals surface area (Å²) in [6.45, 7) is 3.49. The van der Waals surface area contributed by atoms with Gasteiger partial charge in [0.1, 0.15) is 0 Å². The topological polar surface area (TPSA) is 75.7 Å². The van der Waals surface area contributed by atoms with Crippen LogP contribution in [0.2, 0.25) is 0 Å². The first-order chi connectivity index (χ1) is 6.99. The van der Waals surface area contributed by atoms with Crippen molar-refractivity contribution < 1.29 is 14.9 Å². The Hall–Kier alpha value is -1.26. The molecule has 0 saturated heterocycles. The molecule has 1 aromatic carbocycles. The Labute approximate surface area is 89.3 Å². The van der Waals surface area contributed by atoms with Crippen molar-refractivity contribution in [2.24, 2.45) is 5.73 Å². The van der Waals surface area contributed by atoms with E-state index in [0.717, 1.165) is 5.56 Å². The molecule has 2 atom stereocenters. The van der Waals surface area contributed by atoms with Crippen molar-refractivity contribution in [1.82, 2.24) is 0 Å². The molecule has 4 nitrogen and oxygen atoms in total. The molecule has 0 fully saturated rings. The Bertz CT molecular complexity index is 350. The molecule has 0 saturated carbocycles. The fourth-order valence-electron chi connectivity index (χ4n) is 1.49. The monoisotopic (exact) mass is 211 g/mol. The Balaban J connectivity index is 3.26. The smallest absolute Gasteiger partial charge is 0.163 e. The first-order valence-electron chi connectivity index (χ1n) is 4.79. The third-order valence-electron chi connectivity index (χ3n) is 2.41. The number of ether oxygens (including phenoxy) is 1. The van der Waals surface area contributed by atoms with Crippen LogP contribution in [0, 0.1) is 6.92 Å². The van der Waals surface area contributed by atoms with Crippen LogP contribution < -0.4 is 10.5 Å². The van der Waals surface area contributed by atoms with Gasteiger partial charge >= 0.3 is 0 Å². The number of hydrogen-bond acceptors (Lipinski definition) is 4. The largest absolute Gasteiger partial charge is 0.504 e. The van der Waals surface area contributed by atoms with E-state index in [4.69, 9.17) is 10.5 Å². The third kappa shape index (κ3) is 2.22. The van der Waals surface area contributed by atoms with E-state index in [0.29, 0.717) is 11.3 Å². The molecule has 0 spiro atoms. The molecule has 0 aromatic heterocycles. The van der Waals surface area contributed by atoms with E-state index in [1.807, 2.05) is 0 Å². The molecule has 0 heterocycles. The minimum Gasteiger partial charge on any atom is -0.504 e. The first-order valence-corrected chi connectivity index (χ1v) is 4.79. The van der Waals surface area contributed by atoms with Crippen LogP contribution in [0.1, 0.15) is 24.2 Å². The van der Waals surface area contributed by atoms with Gasteiger partial charge < -0.3 is 20.7 Å². The van der Waals surface area contributed by atoms with Crippen molar-refractivity contribution in [3.8, 4) is 11.5 Å². The molecular formula is C11H17NO3. The predicted octanol–water partition coefficient (Wildman–Crippen LogP) is 1.09. The number of hydrogen-bond donors (Lipinski definition) is 3. The normalized spacial score (nSPS) is 14.7. The Morgan fingerprint density at radius 1 is 1.40 bits per heavy atom. The van der Waals surface area contributed by atoms with Crippen LogP contribution in [-0.4, -0.2) is 23.4 Å². The zero-order valence-corrected chi connectivity index (χ0v) is 9.19. The predicted molar refractivity (Wildman–Crippen MR) is 58.0 cm³/mol. The molecule has 0 aliphatic rings. The number of rotatable bonds is 3. The number of aliphatic hydroxyl groups excluding tert-OH is 1. The van der Waals surface area contributed by atoms with Gasteiger partial charge in [-0.3, -0.25) is 0 Å². The van der Waals surface area contributed by atoms with Gasteiger partial charge in [0, 0.05) is 11.6 Å². The lowest BCUT2D eigenvalue weighted by Gasteiger charge is -2.19. The minimum absolute atomic E-state index is 0.0395. The van der Waals surface area contributed by atoms with Crippen molar-refractivity contribution in [2.75, 3.05) is 7.11 Å². The maximum atomic E-state index is 9.85. The highest BCUT2D eigenvalue weighted by atomic mass is 16.5. The second kappa shape index (κ2) is 4.51. The number of benzene rings is 1. The van der Waals surface area contributed by atoms with Gasteiger partial charge in [-0.2, -0.15) is 0 Å². The highest BCUT2D eigenvalue weighted by Gasteiger charge is 2.21. The molecule has 1 rings (SSSR count). The number of aromatic hydroxyl groups is 1. The summed E-state index contributed by atoms with van der Waals surface area (Å²) >= 11 is 0. The van der Waals surface area contributed by atoms with Gasteiger partial charge in [0.2, 0.25) is 0 Å². The number of phenolic OH excluding ortho intramolecular Hbond substituents is 1. The molecule has 0 radical (unpaired) electrons. The number of nitrogens with two attached hydrogens (primary N) is 1. The van der Waals surface area contributed by atoms with E-state index in [9.17, 15) is 10.2 Å². The zero-order valence-electron chi connectivity index (χ0n) is 9.19. The van der Waals surface area contributed by atoms with Gasteiger partial charge in [0.15, 0.2) is 11.5 Å². The van der Waals surface area contributed by atoms with Gasteiger partial charge in [0.05, 0.1) is 13.2 Å². The second-order valence-corrected chi connectivity index (χ2v) is 3.65. The lowest BCUT2D eigenvalue weighted by atomic mass is 9.97. The summed E-state index contributed by atoms with van der Waals surface area (Å²) in [7, 11) is 1.46. The summed E-state index contributed by atoms with van der Waals surface area (Å²) in [5.41, 5.74) is 6.82. The van der Waals surface area contributed by atoms with E-state index >= 15 is 0 Å². The summed E-state index contributed by atoms with van der Waals surface area (Å²) in [5.74, 6) is 0.303. The quantitative estimate of drug-likeness (QED) is 0.699. The number of aryl methyl sites for hydroxylation is 1. The molecule has 0 aliphatic heterocycles. The summed E-state index contributed by atoms with van der Waals surface area (Å²) in [6, 6.07) is 2.99. The lowest BCUT2D eigenvalue weighted by Crippen LogP contribution is -2.25. The van der Waals surface area contributed by atoms with Gasteiger partial charge in [-0.05, 0) is 25.5 Å². The lowest BCUT2D eigenvalue weighted by molar-refractivity contribution is 0.148. The fourth-order valence-corrected chi connectivity index (χ4v) is 1.49. The van der Waals surface area contributed by atoms with Gasteiger partial charge in [-0.15, -0.1) is 0 Å². The Morgan fingerprint density at radius 2 is 2.00 bits per heavy atom. The summed E-state index contributed by atoms with van der Waals surface area (Å²) in [5, 5.41) is 19.7. The van der Waals surface area contributed by atoms with Crippen molar-refractivity contribution in [3.63, 3.8) is 0 Å². The molecule has 15 heavy (non-hydrogen) atoms. The van der Waals surface area contributed by atoms with Crippen LogP contribution in [0.3, 0.4) is 0 Å². The average molecular weight is 211 g/mol. The fraction of sp³-hybridized carbons (Fsp3) is 0.455. The van der Waals surface area contributed by atoms with Crippen LogP contribution in [0.25, 0.3) is 0 Å². The van der Waals surface area contributed by atoms with Crippen LogP contribution in [0.15, 0.2) is 12.1 Å². The molecule has 0 aliphatic carbocycles. The van der Waals surface area contributed by atoms with Crippen molar-refractivity contribution in [1.29, 1.82) is 0 Å². The highest BCUT2D eigenvalue weighted by molar-refractivity contribution is 5.50. The van der Waals surface area contributed by atoms with Gasteiger partial charge in [-0.25, -0.2) is 0 Å². The van der Waals surface area contributed by atoms with Crippen LogP contribution in [0.5, 0.6) is 11.5 Å².